The van der Waals surface area contributed by atoms with Crippen LogP contribution in [0.15, 0.2) is 66.0 Å². The van der Waals surface area contributed by atoms with Gasteiger partial charge in [0.05, 0.1) is 42.1 Å². The average molecular weight is 520 g/mol. The molecule has 3 aromatic rings. The summed E-state index contributed by atoms with van der Waals surface area (Å²) in [6, 6.07) is 13.3. The number of methoxy groups -OCH3 is 1. The van der Waals surface area contributed by atoms with E-state index in [2.05, 4.69) is 29.0 Å². The smallest absolute Gasteiger partial charge is 0.338 e. The van der Waals surface area contributed by atoms with Crippen molar-refractivity contribution >= 4 is 17.6 Å². The van der Waals surface area contributed by atoms with Gasteiger partial charge in [-0.1, -0.05) is 44.2 Å². The maximum Gasteiger partial charge on any atom is 0.338 e. The van der Waals surface area contributed by atoms with E-state index < -0.39 is 16.9 Å². The van der Waals surface area contributed by atoms with Crippen molar-refractivity contribution in [2.45, 2.75) is 39.8 Å². The first kappa shape index (κ1) is 26.9. The maximum absolute atomic E-state index is 13.6. The highest BCUT2D eigenvalue weighted by Gasteiger charge is 2.36. The zero-order valence-corrected chi connectivity index (χ0v) is 22.1. The number of para-hydroxylation sites is 1. The summed E-state index contributed by atoms with van der Waals surface area (Å²) in [4.78, 5) is 31.6. The molecule has 200 valence electrons. The monoisotopic (exact) mass is 519 g/mol. The number of nitro groups is 1. The minimum atomic E-state index is -0.641. The standard InChI is InChI=1S/C28H33N5O5/c1-5-31(6-2)18-23-17-29-28-30-19(3)25(26(32(23)28)21-11-9-12-22(16-21)33(35)36)27(34)38-15-14-20-10-7-8-13-24(20)37-4/h7-13,16-17,26H,5-6,14-15,18H2,1-4H3,(H,29,30). The van der Waals surface area contributed by atoms with E-state index >= 15 is 0 Å². The van der Waals surface area contributed by atoms with Crippen LogP contribution >= 0.6 is 0 Å². The Balaban J connectivity index is 1.70. The second-order valence-electron chi connectivity index (χ2n) is 9.02. The van der Waals surface area contributed by atoms with Crippen LogP contribution in [-0.2, 0) is 22.5 Å². The predicted octanol–water partition coefficient (Wildman–Crippen LogP) is 4.72. The van der Waals surface area contributed by atoms with Crippen molar-refractivity contribution in [2.75, 3.05) is 32.1 Å². The van der Waals surface area contributed by atoms with Gasteiger partial charge in [0.2, 0.25) is 5.95 Å². The summed E-state index contributed by atoms with van der Waals surface area (Å²) < 4.78 is 13.1. The summed E-state index contributed by atoms with van der Waals surface area (Å²) in [5.41, 5.74) is 3.36. The first-order valence-electron chi connectivity index (χ1n) is 12.7. The zero-order chi connectivity index (χ0) is 27.2. The van der Waals surface area contributed by atoms with E-state index in [0.29, 0.717) is 35.7 Å². The number of hydrogen-bond donors (Lipinski definition) is 1. The Hall–Kier alpha value is -4.18. The van der Waals surface area contributed by atoms with Crippen LogP contribution in [0.2, 0.25) is 0 Å². The molecule has 1 aliphatic heterocycles. The van der Waals surface area contributed by atoms with Crippen molar-refractivity contribution in [3.05, 3.63) is 92.9 Å². The fraction of sp³-hybridized carbons (Fsp3) is 0.357. The number of hydrogen-bond acceptors (Lipinski definition) is 8. The van der Waals surface area contributed by atoms with E-state index in [0.717, 1.165) is 30.1 Å². The summed E-state index contributed by atoms with van der Waals surface area (Å²) in [5, 5.41) is 14.8. The Kier molecular flexibility index (Phi) is 8.42. The molecule has 2 aromatic carbocycles. The Labute approximate surface area is 222 Å². The van der Waals surface area contributed by atoms with E-state index in [-0.39, 0.29) is 12.3 Å². The van der Waals surface area contributed by atoms with E-state index in [1.54, 1.807) is 32.4 Å². The Morgan fingerprint density at radius 3 is 2.66 bits per heavy atom. The number of anilines is 1. The van der Waals surface area contributed by atoms with Crippen LogP contribution in [0.4, 0.5) is 11.6 Å². The summed E-state index contributed by atoms with van der Waals surface area (Å²) in [7, 11) is 1.61. The number of carbonyl (C=O) groups is 1. The minimum Gasteiger partial charge on any atom is -0.496 e. The van der Waals surface area contributed by atoms with Crippen LogP contribution in [0.1, 0.15) is 43.6 Å². The molecule has 0 fully saturated rings. The topological polar surface area (TPSA) is 112 Å². The van der Waals surface area contributed by atoms with Crippen LogP contribution in [0, 0.1) is 10.1 Å². The lowest BCUT2D eigenvalue weighted by Gasteiger charge is -2.32. The molecule has 0 radical (unpaired) electrons. The molecule has 1 aliphatic rings. The molecule has 0 amide bonds. The third kappa shape index (κ3) is 5.55. The van der Waals surface area contributed by atoms with Crippen molar-refractivity contribution in [1.29, 1.82) is 0 Å². The van der Waals surface area contributed by atoms with E-state index in [4.69, 9.17) is 9.47 Å². The largest absolute Gasteiger partial charge is 0.496 e. The molecule has 4 rings (SSSR count). The molecule has 1 atom stereocenters. The lowest BCUT2D eigenvalue weighted by molar-refractivity contribution is -0.384. The molecule has 0 bridgehead atoms. The molecule has 10 nitrogen and oxygen atoms in total. The van der Waals surface area contributed by atoms with E-state index in [1.807, 2.05) is 28.8 Å². The molecular formula is C28H33N5O5. The van der Waals surface area contributed by atoms with Crippen molar-refractivity contribution in [3.8, 4) is 5.75 Å². The van der Waals surface area contributed by atoms with Crippen molar-refractivity contribution in [1.82, 2.24) is 14.5 Å². The van der Waals surface area contributed by atoms with Crippen LogP contribution in [0.5, 0.6) is 5.75 Å². The third-order valence-electron chi connectivity index (χ3n) is 6.80. The SMILES string of the molecule is CCN(CC)Cc1cnc2n1C(c1cccc([N+](=O)[O-])c1)C(C(=O)OCCc1ccccc1OC)=C(C)N2. The molecular weight excluding hydrogens is 486 g/mol. The normalized spacial score (nSPS) is 14.7. The van der Waals surface area contributed by atoms with Gasteiger partial charge in [0, 0.05) is 30.8 Å². The van der Waals surface area contributed by atoms with Crippen LogP contribution < -0.4 is 10.1 Å². The molecule has 1 aromatic heterocycles. The van der Waals surface area contributed by atoms with Gasteiger partial charge >= 0.3 is 5.97 Å². The van der Waals surface area contributed by atoms with Gasteiger partial charge in [-0.05, 0) is 37.2 Å². The molecule has 0 saturated carbocycles. The van der Waals surface area contributed by atoms with Crippen LogP contribution in [0.25, 0.3) is 0 Å². The Bertz CT molecular complexity index is 1340. The lowest BCUT2D eigenvalue weighted by atomic mass is 9.94. The predicted molar refractivity (Wildman–Crippen MR) is 144 cm³/mol. The highest BCUT2D eigenvalue weighted by molar-refractivity contribution is 5.92. The highest BCUT2D eigenvalue weighted by Crippen LogP contribution is 2.39. The molecule has 0 saturated heterocycles. The zero-order valence-electron chi connectivity index (χ0n) is 22.1. The molecule has 0 aliphatic carbocycles. The third-order valence-corrected chi connectivity index (χ3v) is 6.80. The summed E-state index contributed by atoms with van der Waals surface area (Å²) in [5.74, 6) is 0.818. The second-order valence-corrected chi connectivity index (χ2v) is 9.02. The number of rotatable bonds is 11. The number of nitrogens with one attached hydrogen (secondary N) is 1. The van der Waals surface area contributed by atoms with Gasteiger partial charge in [-0.2, -0.15) is 0 Å². The molecule has 0 spiro atoms. The van der Waals surface area contributed by atoms with E-state index in [1.165, 1.54) is 12.1 Å². The number of fused-ring (bicyclic) bond motifs is 1. The Morgan fingerprint density at radius 2 is 1.95 bits per heavy atom. The van der Waals surface area contributed by atoms with Crippen molar-refractivity contribution in [3.63, 3.8) is 0 Å². The van der Waals surface area contributed by atoms with Gasteiger partial charge in [0.25, 0.3) is 5.69 Å². The Morgan fingerprint density at radius 1 is 1.18 bits per heavy atom. The van der Waals surface area contributed by atoms with Crippen LogP contribution in [-0.4, -0.2) is 52.1 Å². The number of esters is 1. The van der Waals surface area contributed by atoms with Gasteiger partial charge in [0.1, 0.15) is 5.75 Å². The van der Waals surface area contributed by atoms with Crippen molar-refractivity contribution < 1.29 is 19.2 Å². The number of ether oxygens (including phenoxy) is 2. The fourth-order valence-corrected chi connectivity index (χ4v) is 4.77. The number of nitro benzene ring substituents is 1. The summed E-state index contributed by atoms with van der Waals surface area (Å²) in [6.45, 7) is 8.42. The lowest BCUT2D eigenvalue weighted by Crippen LogP contribution is -2.32. The van der Waals surface area contributed by atoms with Crippen molar-refractivity contribution in [2.24, 2.45) is 0 Å². The number of non-ortho nitro benzene ring substituents is 1. The van der Waals surface area contributed by atoms with E-state index in [9.17, 15) is 14.9 Å². The number of imidazole rings is 1. The maximum atomic E-state index is 13.6. The highest BCUT2D eigenvalue weighted by atomic mass is 16.6. The summed E-state index contributed by atoms with van der Waals surface area (Å²) >= 11 is 0. The average Bonchev–Trinajstić information content (AvgIpc) is 3.32. The first-order valence-corrected chi connectivity index (χ1v) is 12.7. The summed E-state index contributed by atoms with van der Waals surface area (Å²) in [6.07, 6.45) is 2.27. The molecule has 10 heteroatoms. The van der Waals surface area contributed by atoms with Gasteiger partial charge in [-0.3, -0.25) is 15.0 Å². The quantitative estimate of drug-likeness (QED) is 0.220. The van der Waals surface area contributed by atoms with Gasteiger partial charge in [-0.15, -0.1) is 0 Å². The van der Waals surface area contributed by atoms with Gasteiger partial charge in [0.15, 0.2) is 0 Å². The molecule has 2 heterocycles. The number of aromatic nitrogens is 2. The molecule has 1 N–H and O–H groups in total. The van der Waals surface area contributed by atoms with Crippen LogP contribution in [0.3, 0.4) is 0 Å². The minimum absolute atomic E-state index is 0.0467. The molecule has 38 heavy (non-hydrogen) atoms. The number of nitrogens with zero attached hydrogens (tertiary/aromatic N) is 4. The first-order chi connectivity index (χ1) is 18.4. The number of allylic oxidation sites excluding steroid dienone is 1. The number of benzene rings is 2. The molecule has 1 unspecified atom stereocenters. The van der Waals surface area contributed by atoms with Gasteiger partial charge < -0.3 is 19.4 Å². The number of carbonyl (C=O) groups excluding carboxylic acids is 1. The second kappa shape index (κ2) is 11.9. The van der Waals surface area contributed by atoms with Gasteiger partial charge in [-0.25, -0.2) is 9.78 Å². The fourth-order valence-electron chi connectivity index (χ4n) is 4.77.